The van der Waals surface area contributed by atoms with Gasteiger partial charge in [0.15, 0.2) is 5.03 Å². The highest BCUT2D eigenvalue weighted by Crippen LogP contribution is 2.13. The van der Waals surface area contributed by atoms with Crippen LogP contribution in [0.15, 0.2) is 11.2 Å². The zero-order chi connectivity index (χ0) is 12.3. The number of sulfonamides is 1. The number of aromatic nitrogens is 2. The first-order chi connectivity index (χ1) is 7.36. The van der Waals surface area contributed by atoms with Gasteiger partial charge in [-0.2, -0.15) is 5.10 Å². The first-order valence-electron chi connectivity index (χ1n) is 5.17. The van der Waals surface area contributed by atoms with E-state index in [1.807, 2.05) is 20.8 Å². The molecule has 0 amide bonds. The van der Waals surface area contributed by atoms with Crippen LogP contribution in [0.3, 0.4) is 0 Å². The highest BCUT2D eigenvalue weighted by molar-refractivity contribution is 7.89. The minimum atomic E-state index is -3.72. The maximum Gasteiger partial charge on any atom is 0.255 e. The van der Waals surface area contributed by atoms with Gasteiger partial charge in [0.2, 0.25) is 0 Å². The van der Waals surface area contributed by atoms with E-state index in [1.165, 1.54) is 4.68 Å². The van der Waals surface area contributed by atoms with E-state index in [0.29, 0.717) is 18.7 Å². The third-order valence-corrected chi connectivity index (χ3v) is 3.14. The van der Waals surface area contributed by atoms with E-state index < -0.39 is 10.0 Å². The van der Waals surface area contributed by atoms with Crippen LogP contribution in [0.1, 0.15) is 26.3 Å². The van der Waals surface area contributed by atoms with E-state index in [1.54, 1.807) is 6.20 Å². The normalized spacial score (nSPS) is 12.3. The van der Waals surface area contributed by atoms with Gasteiger partial charge in [-0.3, -0.25) is 4.68 Å². The Hall–Kier alpha value is -0.920. The predicted molar refractivity (Wildman–Crippen MR) is 61.2 cm³/mol. The topological polar surface area (TPSA) is 90.0 Å². The SMILES string of the molecule is CCn1ncc(CNC(C)C)c1S(N)(=O)=O. The number of primary sulfonamides is 1. The quantitative estimate of drug-likeness (QED) is 0.768. The molecule has 1 heterocycles. The van der Waals surface area contributed by atoms with Crippen LogP contribution in [0.2, 0.25) is 0 Å². The van der Waals surface area contributed by atoms with Crippen molar-refractivity contribution < 1.29 is 8.42 Å². The van der Waals surface area contributed by atoms with Gasteiger partial charge >= 0.3 is 0 Å². The van der Waals surface area contributed by atoms with E-state index in [4.69, 9.17) is 5.14 Å². The van der Waals surface area contributed by atoms with Gasteiger partial charge in [0, 0.05) is 24.7 Å². The molecular weight excluding hydrogens is 228 g/mol. The molecular formula is C9H18N4O2S. The molecule has 0 fully saturated rings. The standard InChI is InChI=1S/C9H18N4O2S/c1-4-13-9(16(10,14)15)8(6-12-13)5-11-7(2)3/h6-7,11H,4-5H2,1-3H3,(H2,10,14,15). The molecule has 7 heteroatoms. The number of hydrogen-bond donors (Lipinski definition) is 2. The summed E-state index contributed by atoms with van der Waals surface area (Å²) in [5.74, 6) is 0. The van der Waals surface area contributed by atoms with Crippen molar-refractivity contribution in [3.05, 3.63) is 11.8 Å². The Morgan fingerprint density at radius 3 is 2.62 bits per heavy atom. The molecule has 0 spiro atoms. The lowest BCUT2D eigenvalue weighted by molar-refractivity contribution is 0.541. The molecule has 0 unspecified atom stereocenters. The van der Waals surface area contributed by atoms with Gasteiger partial charge in [0.05, 0.1) is 6.20 Å². The van der Waals surface area contributed by atoms with Crippen molar-refractivity contribution in [3.8, 4) is 0 Å². The molecule has 16 heavy (non-hydrogen) atoms. The maximum atomic E-state index is 11.4. The lowest BCUT2D eigenvalue weighted by Gasteiger charge is -2.08. The van der Waals surface area contributed by atoms with Gasteiger partial charge in [-0.1, -0.05) is 13.8 Å². The molecule has 6 nitrogen and oxygen atoms in total. The summed E-state index contributed by atoms with van der Waals surface area (Å²) in [6.45, 7) is 6.72. The second kappa shape index (κ2) is 4.94. The molecule has 0 bridgehead atoms. The molecule has 0 saturated carbocycles. The van der Waals surface area contributed by atoms with Crippen LogP contribution in [-0.4, -0.2) is 24.2 Å². The summed E-state index contributed by atoms with van der Waals surface area (Å²) in [7, 11) is -3.72. The Bertz CT molecular complexity index is 450. The predicted octanol–water partition coefficient (Wildman–Crippen LogP) is 0.0484. The van der Waals surface area contributed by atoms with Crippen LogP contribution in [0.5, 0.6) is 0 Å². The van der Waals surface area contributed by atoms with E-state index in [2.05, 4.69) is 10.4 Å². The van der Waals surface area contributed by atoms with Gasteiger partial charge in [-0.05, 0) is 6.92 Å². The molecule has 0 aliphatic carbocycles. The van der Waals surface area contributed by atoms with Crippen LogP contribution in [0.4, 0.5) is 0 Å². The lowest BCUT2D eigenvalue weighted by atomic mass is 10.3. The summed E-state index contributed by atoms with van der Waals surface area (Å²) in [6, 6.07) is 0.276. The number of rotatable bonds is 5. The Kier molecular flexibility index (Phi) is 4.06. The summed E-state index contributed by atoms with van der Waals surface area (Å²) in [5, 5.41) is 12.4. The Labute approximate surface area is 95.9 Å². The van der Waals surface area contributed by atoms with Crippen molar-refractivity contribution in [2.75, 3.05) is 0 Å². The zero-order valence-electron chi connectivity index (χ0n) is 9.77. The molecule has 1 aromatic heterocycles. The van der Waals surface area contributed by atoms with Gasteiger partial charge in [0.25, 0.3) is 10.0 Å². The summed E-state index contributed by atoms with van der Waals surface area (Å²) < 4.78 is 24.3. The van der Waals surface area contributed by atoms with Crippen molar-refractivity contribution >= 4 is 10.0 Å². The van der Waals surface area contributed by atoms with E-state index in [9.17, 15) is 8.42 Å². The Balaban J connectivity index is 3.06. The fourth-order valence-electron chi connectivity index (χ4n) is 1.40. The Morgan fingerprint density at radius 1 is 1.56 bits per heavy atom. The summed E-state index contributed by atoms with van der Waals surface area (Å²) in [5.41, 5.74) is 0.609. The van der Waals surface area contributed by atoms with Crippen molar-refractivity contribution in [2.24, 2.45) is 5.14 Å². The molecule has 1 aromatic rings. The van der Waals surface area contributed by atoms with E-state index in [0.717, 1.165) is 0 Å². The van der Waals surface area contributed by atoms with Crippen molar-refractivity contribution in [2.45, 2.75) is 44.9 Å². The summed E-state index contributed by atoms with van der Waals surface area (Å²) in [6.07, 6.45) is 1.54. The second-order valence-corrected chi connectivity index (χ2v) is 5.35. The van der Waals surface area contributed by atoms with Gasteiger partial charge in [-0.15, -0.1) is 0 Å². The summed E-state index contributed by atoms with van der Waals surface area (Å²) in [4.78, 5) is 0. The molecule has 92 valence electrons. The molecule has 1 rings (SSSR count). The monoisotopic (exact) mass is 246 g/mol. The number of hydrogen-bond acceptors (Lipinski definition) is 4. The van der Waals surface area contributed by atoms with Crippen LogP contribution >= 0.6 is 0 Å². The number of nitrogens with zero attached hydrogens (tertiary/aromatic N) is 2. The molecule has 3 N–H and O–H groups in total. The van der Waals surface area contributed by atoms with Gasteiger partial charge in [-0.25, -0.2) is 13.6 Å². The smallest absolute Gasteiger partial charge is 0.255 e. The first kappa shape index (κ1) is 13.1. The van der Waals surface area contributed by atoms with Crippen LogP contribution < -0.4 is 10.5 Å². The fraction of sp³-hybridized carbons (Fsp3) is 0.667. The van der Waals surface area contributed by atoms with Crippen molar-refractivity contribution in [1.29, 1.82) is 0 Å². The molecule has 0 saturated heterocycles. The largest absolute Gasteiger partial charge is 0.310 e. The summed E-state index contributed by atoms with van der Waals surface area (Å²) >= 11 is 0. The minimum Gasteiger partial charge on any atom is -0.310 e. The fourth-order valence-corrected chi connectivity index (χ4v) is 2.36. The third kappa shape index (κ3) is 3.03. The average molecular weight is 246 g/mol. The average Bonchev–Trinajstić information content (AvgIpc) is 2.56. The number of nitrogens with two attached hydrogens (primary N) is 1. The lowest BCUT2D eigenvalue weighted by Crippen LogP contribution is -2.25. The van der Waals surface area contributed by atoms with Crippen molar-refractivity contribution in [3.63, 3.8) is 0 Å². The molecule has 0 radical (unpaired) electrons. The Morgan fingerprint density at radius 2 is 2.19 bits per heavy atom. The van der Waals surface area contributed by atoms with E-state index >= 15 is 0 Å². The second-order valence-electron chi connectivity index (χ2n) is 3.87. The molecule has 0 aliphatic rings. The van der Waals surface area contributed by atoms with Crippen molar-refractivity contribution in [1.82, 2.24) is 15.1 Å². The van der Waals surface area contributed by atoms with Crippen LogP contribution in [-0.2, 0) is 23.1 Å². The van der Waals surface area contributed by atoms with Gasteiger partial charge < -0.3 is 5.32 Å². The van der Waals surface area contributed by atoms with Crippen LogP contribution in [0.25, 0.3) is 0 Å². The highest BCUT2D eigenvalue weighted by Gasteiger charge is 2.20. The third-order valence-electron chi connectivity index (χ3n) is 2.13. The maximum absolute atomic E-state index is 11.4. The van der Waals surface area contributed by atoms with Crippen LogP contribution in [0, 0.1) is 0 Å². The first-order valence-corrected chi connectivity index (χ1v) is 6.71. The minimum absolute atomic E-state index is 0.100. The molecule has 0 atom stereocenters. The number of aryl methyl sites for hydroxylation is 1. The number of nitrogens with one attached hydrogen (secondary N) is 1. The van der Waals surface area contributed by atoms with E-state index in [-0.39, 0.29) is 11.1 Å². The highest BCUT2D eigenvalue weighted by atomic mass is 32.2. The molecule has 0 aromatic carbocycles. The van der Waals surface area contributed by atoms with Gasteiger partial charge in [0.1, 0.15) is 0 Å². The molecule has 0 aliphatic heterocycles. The zero-order valence-corrected chi connectivity index (χ0v) is 10.6.